The highest BCUT2D eigenvalue weighted by Gasteiger charge is 2.25. The van der Waals surface area contributed by atoms with Gasteiger partial charge in [-0.15, -0.1) is 0 Å². The van der Waals surface area contributed by atoms with Crippen LogP contribution in [0.3, 0.4) is 0 Å². The zero-order valence-electron chi connectivity index (χ0n) is 17.1. The van der Waals surface area contributed by atoms with Crippen LogP contribution >= 0.6 is 11.6 Å². The van der Waals surface area contributed by atoms with Gasteiger partial charge in [-0.25, -0.2) is 9.97 Å². The first-order valence-corrected chi connectivity index (χ1v) is 10.8. The van der Waals surface area contributed by atoms with Gasteiger partial charge in [-0.05, 0) is 54.8 Å². The number of nitrogens with zero attached hydrogens (tertiary/aromatic N) is 5. The van der Waals surface area contributed by atoms with Crippen LogP contribution in [0.15, 0.2) is 61.1 Å². The van der Waals surface area contributed by atoms with Crippen molar-refractivity contribution in [1.82, 2.24) is 24.8 Å². The molecule has 156 valence electrons. The summed E-state index contributed by atoms with van der Waals surface area (Å²) in [7, 11) is 0. The Morgan fingerprint density at radius 1 is 1.00 bits per heavy atom. The van der Waals surface area contributed by atoms with Gasteiger partial charge in [0.1, 0.15) is 0 Å². The van der Waals surface area contributed by atoms with E-state index < -0.39 is 0 Å². The van der Waals surface area contributed by atoms with Gasteiger partial charge in [-0.2, -0.15) is 0 Å². The second-order valence-corrected chi connectivity index (χ2v) is 8.42. The van der Waals surface area contributed by atoms with Gasteiger partial charge in [0.25, 0.3) is 0 Å². The third-order valence-corrected chi connectivity index (χ3v) is 6.08. The lowest BCUT2D eigenvalue weighted by molar-refractivity contribution is 0.199. The Morgan fingerprint density at radius 2 is 1.81 bits per heavy atom. The molecular weight excluding hydrogens is 408 g/mol. The summed E-state index contributed by atoms with van der Waals surface area (Å²) in [6.07, 6.45) is 7.49. The first-order chi connectivity index (χ1) is 15.2. The molecule has 0 bridgehead atoms. The monoisotopic (exact) mass is 430 g/mol. The van der Waals surface area contributed by atoms with Crippen molar-refractivity contribution in [1.29, 1.82) is 0 Å². The summed E-state index contributed by atoms with van der Waals surface area (Å²) in [6, 6.07) is 14.1. The maximum atomic E-state index is 6.08. The summed E-state index contributed by atoms with van der Waals surface area (Å²) in [5.74, 6) is 0.614. The van der Waals surface area contributed by atoms with E-state index in [9.17, 15) is 0 Å². The molecule has 31 heavy (non-hydrogen) atoms. The van der Waals surface area contributed by atoms with E-state index in [0.717, 1.165) is 60.3 Å². The van der Waals surface area contributed by atoms with E-state index in [-0.39, 0.29) is 0 Å². The molecule has 0 spiro atoms. The highest BCUT2D eigenvalue weighted by molar-refractivity contribution is 6.30. The Hall–Kier alpha value is -3.09. The number of hydrogen-bond donors (Lipinski definition) is 1. The second-order valence-electron chi connectivity index (χ2n) is 7.99. The molecule has 2 N–H and O–H groups in total. The molecule has 1 fully saturated rings. The zero-order chi connectivity index (χ0) is 21.2. The molecule has 5 rings (SSSR count). The predicted octanol–water partition coefficient (Wildman–Crippen LogP) is 4.70. The zero-order valence-corrected chi connectivity index (χ0v) is 17.8. The average Bonchev–Trinajstić information content (AvgIpc) is 2.80. The van der Waals surface area contributed by atoms with Crippen LogP contribution in [0, 0.1) is 0 Å². The Balaban J connectivity index is 1.40. The SMILES string of the molecule is Nc1ncc(-c2ccc(Cl)cc2)c([C@H]2CCCN(Cc3ccc4nccnc4c3)C2)n1. The molecule has 4 aromatic rings. The first kappa shape index (κ1) is 19.8. The Morgan fingerprint density at radius 3 is 2.65 bits per heavy atom. The molecule has 1 aliphatic heterocycles. The third kappa shape index (κ3) is 4.36. The Bertz CT molecular complexity index is 1210. The molecule has 1 atom stereocenters. The summed E-state index contributed by atoms with van der Waals surface area (Å²) in [5.41, 5.74) is 12.2. The topological polar surface area (TPSA) is 80.8 Å². The molecule has 2 aromatic heterocycles. The van der Waals surface area contributed by atoms with Gasteiger partial charge in [0.15, 0.2) is 0 Å². The Kier molecular flexibility index (Phi) is 5.49. The third-order valence-electron chi connectivity index (χ3n) is 5.82. The fourth-order valence-corrected chi connectivity index (χ4v) is 4.49. The quantitative estimate of drug-likeness (QED) is 0.505. The molecule has 2 aromatic carbocycles. The minimum absolute atomic E-state index is 0.296. The number of aromatic nitrogens is 4. The highest BCUT2D eigenvalue weighted by Crippen LogP contribution is 2.34. The number of likely N-dealkylation sites (tertiary alicyclic amines) is 1. The number of rotatable bonds is 4. The fourth-order valence-electron chi connectivity index (χ4n) is 4.36. The van der Waals surface area contributed by atoms with Crippen LogP contribution in [-0.2, 0) is 6.54 Å². The number of fused-ring (bicyclic) bond motifs is 1. The molecule has 0 amide bonds. The van der Waals surface area contributed by atoms with E-state index in [2.05, 4.69) is 37.0 Å². The van der Waals surface area contributed by atoms with Crippen molar-refractivity contribution in [2.45, 2.75) is 25.3 Å². The van der Waals surface area contributed by atoms with Crippen molar-refractivity contribution in [2.24, 2.45) is 0 Å². The number of halogens is 1. The van der Waals surface area contributed by atoms with Gasteiger partial charge in [0.05, 0.1) is 16.7 Å². The van der Waals surface area contributed by atoms with Gasteiger partial charge >= 0.3 is 0 Å². The Labute approximate surface area is 186 Å². The molecule has 6 nitrogen and oxygen atoms in total. The van der Waals surface area contributed by atoms with Crippen molar-refractivity contribution in [3.05, 3.63) is 77.3 Å². The van der Waals surface area contributed by atoms with Crippen LogP contribution in [0.2, 0.25) is 5.02 Å². The number of anilines is 1. The van der Waals surface area contributed by atoms with Crippen LogP contribution in [0.5, 0.6) is 0 Å². The average molecular weight is 431 g/mol. The van der Waals surface area contributed by atoms with Gasteiger partial charge in [-0.1, -0.05) is 29.8 Å². The second kappa shape index (κ2) is 8.57. The number of piperidine rings is 1. The van der Waals surface area contributed by atoms with Crippen LogP contribution in [0.1, 0.15) is 30.0 Å². The molecule has 1 saturated heterocycles. The number of nitrogen functional groups attached to an aromatic ring is 1. The summed E-state index contributed by atoms with van der Waals surface area (Å²) in [5, 5.41) is 0.713. The smallest absolute Gasteiger partial charge is 0.220 e. The van der Waals surface area contributed by atoms with Crippen molar-refractivity contribution in [2.75, 3.05) is 18.8 Å². The molecule has 0 radical (unpaired) electrons. The first-order valence-electron chi connectivity index (χ1n) is 10.5. The van der Waals surface area contributed by atoms with E-state index in [1.54, 1.807) is 12.4 Å². The van der Waals surface area contributed by atoms with Crippen LogP contribution in [-0.4, -0.2) is 37.9 Å². The maximum absolute atomic E-state index is 6.08. The summed E-state index contributed by atoms with van der Waals surface area (Å²) in [4.78, 5) is 20.2. The molecule has 0 unspecified atom stereocenters. The number of nitrogens with two attached hydrogens (primary N) is 1. The molecular formula is C24H23ClN6. The molecule has 0 aliphatic carbocycles. The minimum atomic E-state index is 0.296. The molecule has 7 heteroatoms. The van der Waals surface area contributed by atoms with E-state index in [1.165, 1.54) is 5.56 Å². The maximum Gasteiger partial charge on any atom is 0.220 e. The summed E-state index contributed by atoms with van der Waals surface area (Å²) in [6.45, 7) is 2.86. The highest BCUT2D eigenvalue weighted by atomic mass is 35.5. The van der Waals surface area contributed by atoms with E-state index >= 15 is 0 Å². The van der Waals surface area contributed by atoms with Gasteiger partial charge in [0, 0.05) is 48.2 Å². The minimum Gasteiger partial charge on any atom is -0.368 e. The molecule has 3 heterocycles. The largest absolute Gasteiger partial charge is 0.368 e. The standard InChI is InChI=1S/C24H23ClN6/c25-19-6-4-17(5-7-19)20-13-29-24(26)30-23(20)18-2-1-11-31(15-18)14-16-3-8-21-22(12-16)28-10-9-27-21/h3-10,12-13,18H,1-2,11,14-15H2,(H2,26,29,30)/t18-/m0/s1. The normalized spacial score (nSPS) is 17.1. The van der Waals surface area contributed by atoms with Gasteiger partial charge in [0.2, 0.25) is 5.95 Å². The van der Waals surface area contributed by atoms with E-state index in [4.69, 9.17) is 17.3 Å². The van der Waals surface area contributed by atoms with E-state index in [1.807, 2.05) is 36.5 Å². The lowest BCUT2D eigenvalue weighted by atomic mass is 9.89. The molecule has 1 aliphatic rings. The van der Waals surface area contributed by atoms with Crippen molar-refractivity contribution in [3.8, 4) is 11.1 Å². The van der Waals surface area contributed by atoms with Crippen LogP contribution in [0.25, 0.3) is 22.2 Å². The van der Waals surface area contributed by atoms with Gasteiger partial charge in [-0.3, -0.25) is 14.9 Å². The fraction of sp³-hybridized carbons (Fsp3) is 0.250. The van der Waals surface area contributed by atoms with Crippen molar-refractivity contribution >= 4 is 28.6 Å². The van der Waals surface area contributed by atoms with Crippen molar-refractivity contribution in [3.63, 3.8) is 0 Å². The van der Waals surface area contributed by atoms with Gasteiger partial charge < -0.3 is 5.73 Å². The predicted molar refractivity (Wildman–Crippen MR) is 124 cm³/mol. The lowest BCUT2D eigenvalue weighted by Gasteiger charge is -2.33. The lowest BCUT2D eigenvalue weighted by Crippen LogP contribution is -2.34. The summed E-state index contributed by atoms with van der Waals surface area (Å²) >= 11 is 6.08. The van der Waals surface area contributed by atoms with Crippen LogP contribution in [0.4, 0.5) is 5.95 Å². The number of benzene rings is 2. The van der Waals surface area contributed by atoms with Crippen LogP contribution < -0.4 is 5.73 Å². The van der Waals surface area contributed by atoms with Crippen molar-refractivity contribution < 1.29 is 0 Å². The van der Waals surface area contributed by atoms with E-state index in [0.29, 0.717) is 16.9 Å². The summed E-state index contributed by atoms with van der Waals surface area (Å²) < 4.78 is 0. The molecule has 0 saturated carbocycles. The number of hydrogen-bond acceptors (Lipinski definition) is 6.